The zero-order chi connectivity index (χ0) is 30.4. The quantitative estimate of drug-likeness (QED) is 0.218. The van der Waals surface area contributed by atoms with E-state index in [9.17, 15) is 22.0 Å². The second kappa shape index (κ2) is 13.2. The lowest BCUT2D eigenvalue weighted by Crippen LogP contribution is -2.49. The molecule has 0 unspecified atom stereocenters. The van der Waals surface area contributed by atoms with E-state index in [0.717, 1.165) is 31.5 Å². The molecule has 1 aliphatic heterocycles. The molecule has 0 spiro atoms. The fourth-order valence-corrected chi connectivity index (χ4v) is 5.60. The fraction of sp³-hybridized carbons (Fsp3) is 0.219. The summed E-state index contributed by atoms with van der Waals surface area (Å²) < 4.78 is 58.5. The first kappa shape index (κ1) is 30.0. The van der Waals surface area contributed by atoms with Gasteiger partial charge in [0, 0.05) is 42.7 Å². The molecular weight excluding hydrogens is 574 g/mol. The van der Waals surface area contributed by atoms with Gasteiger partial charge in [-0.2, -0.15) is 0 Å². The van der Waals surface area contributed by atoms with Crippen LogP contribution < -0.4 is 19.7 Å². The standard InChI is InChI=1S/C32H32F2N4O4S/c1-43(40,41)36-27-11-15-31(16-12-27)42-30-13-5-23(6-14-30)22-37-19-17-28(18-20-37)38(29-4-2-3-25(34)21-29)32(39)35-26-9-7-24(33)8-10-26/h2-16,21,28,36H,17-20,22H2,1H3,(H,35,39). The van der Waals surface area contributed by atoms with Crippen molar-refractivity contribution in [3.63, 3.8) is 0 Å². The number of nitrogens with one attached hydrogen (secondary N) is 2. The van der Waals surface area contributed by atoms with Crippen LogP contribution in [0.1, 0.15) is 18.4 Å². The van der Waals surface area contributed by atoms with Crippen LogP contribution >= 0.6 is 0 Å². The summed E-state index contributed by atoms with van der Waals surface area (Å²) >= 11 is 0. The Morgan fingerprint density at radius 3 is 2.07 bits per heavy atom. The number of likely N-dealkylation sites (tertiary alicyclic amines) is 1. The molecule has 0 bridgehead atoms. The molecule has 4 aromatic carbocycles. The molecule has 1 aliphatic rings. The van der Waals surface area contributed by atoms with Crippen LogP contribution in [0.5, 0.6) is 11.5 Å². The van der Waals surface area contributed by atoms with Crippen molar-refractivity contribution in [1.82, 2.24) is 4.90 Å². The van der Waals surface area contributed by atoms with Gasteiger partial charge in [0.25, 0.3) is 0 Å². The fourth-order valence-electron chi connectivity index (χ4n) is 5.03. The van der Waals surface area contributed by atoms with Crippen molar-refractivity contribution in [2.24, 2.45) is 0 Å². The van der Waals surface area contributed by atoms with Crippen molar-refractivity contribution < 1.29 is 26.7 Å². The van der Waals surface area contributed by atoms with Gasteiger partial charge in [-0.05, 0) is 97.3 Å². The van der Waals surface area contributed by atoms with Crippen molar-refractivity contribution in [1.29, 1.82) is 0 Å². The molecule has 2 N–H and O–H groups in total. The highest BCUT2D eigenvalue weighted by atomic mass is 32.2. The van der Waals surface area contributed by atoms with E-state index in [1.807, 2.05) is 24.3 Å². The molecule has 4 aromatic rings. The summed E-state index contributed by atoms with van der Waals surface area (Å²) in [5.41, 5.74) is 2.49. The lowest BCUT2D eigenvalue weighted by molar-refractivity contribution is 0.199. The lowest BCUT2D eigenvalue weighted by atomic mass is 10.0. The number of urea groups is 1. The van der Waals surface area contributed by atoms with E-state index in [-0.39, 0.29) is 6.04 Å². The Hall–Kier alpha value is -4.48. The monoisotopic (exact) mass is 606 g/mol. The van der Waals surface area contributed by atoms with Gasteiger partial charge in [0.15, 0.2) is 0 Å². The highest BCUT2D eigenvalue weighted by Crippen LogP contribution is 2.28. The SMILES string of the molecule is CS(=O)(=O)Nc1ccc(Oc2ccc(CN3CCC(N(C(=O)Nc4ccc(F)cc4)c4cccc(F)c4)CC3)cc2)cc1. The largest absolute Gasteiger partial charge is 0.457 e. The Labute approximate surface area is 250 Å². The summed E-state index contributed by atoms with van der Waals surface area (Å²) in [6.07, 6.45) is 2.48. The molecule has 0 aliphatic carbocycles. The van der Waals surface area contributed by atoms with Gasteiger partial charge in [-0.25, -0.2) is 22.0 Å². The van der Waals surface area contributed by atoms with Crippen molar-refractivity contribution in [3.8, 4) is 11.5 Å². The van der Waals surface area contributed by atoms with Gasteiger partial charge in [0.05, 0.1) is 6.26 Å². The minimum atomic E-state index is -3.34. The predicted molar refractivity (Wildman–Crippen MR) is 164 cm³/mol. The summed E-state index contributed by atoms with van der Waals surface area (Å²) in [6, 6.07) is 25.4. The van der Waals surface area contributed by atoms with Crippen LogP contribution in [0.2, 0.25) is 0 Å². The Bertz CT molecular complexity index is 1640. The van der Waals surface area contributed by atoms with Gasteiger partial charge in [-0.1, -0.05) is 18.2 Å². The van der Waals surface area contributed by atoms with Crippen molar-refractivity contribution >= 4 is 33.1 Å². The van der Waals surface area contributed by atoms with E-state index in [1.165, 1.54) is 36.4 Å². The van der Waals surface area contributed by atoms with Crippen molar-refractivity contribution in [3.05, 3.63) is 114 Å². The van der Waals surface area contributed by atoms with Crippen LogP contribution in [-0.2, 0) is 16.6 Å². The van der Waals surface area contributed by atoms with Crippen LogP contribution in [0.15, 0.2) is 97.1 Å². The van der Waals surface area contributed by atoms with E-state index in [1.54, 1.807) is 41.3 Å². The second-order valence-corrected chi connectivity index (χ2v) is 12.2. The maximum absolute atomic E-state index is 14.1. The number of ether oxygens (including phenoxy) is 1. The average Bonchev–Trinajstić information content (AvgIpc) is 2.97. The molecule has 0 radical (unpaired) electrons. The highest BCUT2D eigenvalue weighted by Gasteiger charge is 2.29. The molecule has 224 valence electrons. The molecule has 0 atom stereocenters. The molecule has 11 heteroatoms. The number of anilines is 3. The first-order valence-corrected chi connectivity index (χ1v) is 15.7. The minimum absolute atomic E-state index is 0.145. The number of hydrogen-bond donors (Lipinski definition) is 2. The number of halogens is 2. The smallest absolute Gasteiger partial charge is 0.326 e. The van der Waals surface area contributed by atoms with Crippen LogP contribution in [0.3, 0.4) is 0 Å². The molecule has 5 rings (SSSR count). The van der Waals surface area contributed by atoms with Crippen molar-refractivity contribution in [2.75, 3.05) is 34.3 Å². The predicted octanol–water partition coefficient (Wildman–Crippen LogP) is 6.83. The van der Waals surface area contributed by atoms with Gasteiger partial charge in [-0.3, -0.25) is 14.5 Å². The topological polar surface area (TPSA) is 91.0 Å². The van der Waals surface area contributed by atoms with Gasteiger partial charge < -0.3 is 10.1 Å². The van der Waals surface area contributed by atoms with Gasteiger partial charge in [0.2, 0.25) is 10.0 Å². The Kier molecular flexibility index (Phi) is 9.22. The summed E-state index contributed by atoms with van der Waals surface area (Å²) in [5.74, 6) is 0.415. The molecule has 8 nitrogen and oxygen atoms in total. The van der Waals surface area contributed by atoms with Gasteiger partial charge >= 0.3 is 6.03 Å². The molecule has 0 saturated carbocycles. The molecule has 2 amide bonds. The first-order chi connectivity index (χ1) is 20.6. The van der Waals surface area contributed by atoms with E-state index in [0.29, 0.717) is 41.4 Å². The summed E-state index contributed by atoms with van der Waals surface area (Å²) in [6.45, 7) is 2.21. The van der Waals surface area contributed by atoms with Crippen LogP contribution in [0.4, 0.5) is 30.6 Å². The van der Waals surface area contributed by atoms with Gasteiger partial charge in [-0.15, -0.1) is 0 Å². The number of carbonyl (C=O) groups is 1. The number of sulfonamides is 1. The third kappa shape index (κ3) is 8.52. The number of hydrogen-bond acceptors (Lipinski definition) is 5. The van der Waals surface area contributed by atoms with Crippen LogP contribution in [0, 0.1) is 11.6 Å². The first-order valence-electron chi connectivity index (χ1n) is 13.8. The van der Waals surface area contributed by atoms with Crippen LogP contribution in [0.25, 0.3) is 0 Å². The highest BCUT2D eigenvalue weighted by molar-refractivity contribution is 7.92. The average molecular weight is 607 g/mol. The number of rotatable bonds is 9. The Balaban J connectivity index is 1.18. The molecule has 1 saturated heterocycles. The number of nitrogens with zero attached hydrogens (tertiary/aromatic N) is 2. The third-order valence-electron chi connectivity index (χ3n) is 7.05. The Morgan fingerprint density at radius 1 is 0.860 bits per heavy atom. The molecular formula is C32H32F2N4O4S. The van der Waals surface area contributed by atoms with Crippen LogP contribution in [-0.4, -0.2) is 44.7 Å². The number of piperidine rings is 1. The molecule has 1 heterocycles. The number of carbonyl (C=O) groups excluding carboxylic acids is 1. The maximum Gasteiger partial charge on any atom is 0.326 e. The lowest BCUT2D eigenvalue weighted by Gasteiger charge is -2.38. The minimum Gasteiger partial charge on any atom is -0.457 e. The normalized spacial score (nSPS) is 14.2. The molecule has 1 fully saturated rings. The second-order valence-electron chi connectivity index (χ2n) is 10.4. The summed E-state index contributed by atoms with van der Waals surface area (Å²) in [4.78, 5) is 17.3. The molecule has 0 aromatic heterocycles. The zero-order valence-electron chi connectivity index (χ0n) is 23.5. The number of amides is 2. The van der Waals surface area contributed by atoms with Crippen molar-refractivity contribution in [2.45, 2.75) is 25.4 Å². The van der Waals surface area contributed by atoms with E-state index in [4.69, 9.17) is 4.74 Å². The summed E-state index contributed by atoms with van der Waals surface area (Å²) in [5, 5.41) is 2.81. The zero-order valence-corrected chi connectivity index (χ0v) is 24.4. The Morgan fingerprint density at radius 2 is 1.47 bits per heavy atom. The van der Waals surface area contributed by atoms with E-state index < -0.39 is 27.7 Å². The summed E-state index contributed by atoms with van der Waals surface area (Å²) in [7, 11) is -3.34. The van der Waals surface area contributed by atoms with E-state index >= 15 is 0 Å². The maximum atomic E-state index is 14.1. The van der Waals surface area contributed by atoms with Gasteiger partial charge in [0.1, 0.15) is 23.1 Å². The van der Waals surface area contributed by atoms with E-state index in [2.05, 4.69) is 14.9 Å². The molecule has 43 heavy (non-hydrogen) atoms. The third-order valence-corrected chi connectivity index (χ3v) is 7.65. The number of benzene rings is 4.